The minimum atomic E-state index is -1.53. The van der Waals surface area contributed by atoms with Gasteiger partial charge in [-0.25, -0.2) is 4.98 Å². The Bertz CT molecular complexity index is 2800. The number of rotatable bonds is 31. The lowest BCUT2D eigenvalue weighted by molar-refractivity contribution is -0.138. The Labute approximate surface area is 472 Å². The number of guanidine groups is 1. The van der Waals surface area contributed by atoms with E-state index in [9.17, 15) is 53.1 Å². The molecule has 0 bridgehead atoms. The van der Waals surface area contributed by atoms with Gasteiger partial charge in [0.15, 0.2) is 5.96 Å². The maximum atomic E-state index is 14.7. The monoisotopic (exact) mass is 1150 g/mol. The smallest absolute Gasteiger partial charge is 0.303 e. The molecule has 9 amide bonds. The van der Waals surface area contributed by atoms with E-state index in [2.05, 4.69) is 88.1 Å². The third-order valence-corrected chi connectivity index (χ3v) is 13.8. The summed E-state index contributed by atoms with van der Waals surface area (Å²) in [6, 6.07) is 6.35. The van der Waals surface area contributed by atoms with Gasteiger partial charge in [-0.1, -0.05) is 48.5 Å². The van der Waals surface area contributed by atoms with Gasteiger partial charge in [-0.15, -0.1) is 0 Å². The van der Waals surface area contributed by atoms with E-state index in [1.54, 1.807) is 47.5 Å². The molecular weight excluding hydrogens is 1070 g/mol. The molecule has 4 aromatic rings. The number of amides is 9. The number of para-hydroxylation sites is 1. The summed E-state index contributed by atoms with van der Waals surface area (Å²) in [5, 5.41) is 41.4. The summed E-state index contributed by atoms with van der Waals surface area (Å²) in [7, 11) is 0. The number of nitrogens with one attached hydrogen (secondary N) is 12. The maximum Gasteiger partial charge on any atom is 0.303 e. The van der Waals surface area contributed by atoms with Crippen LogP contribution in [0.1, 0.15) is 69.2 Å². The van der Waals surface area contributed by atoms with Crippen molar-refractivity contribution in [1.82, 2.24) is 67.7 Å². The summed E-state index contributed by atoms with van der Waals surface area (Å²) in [4.78, 5) is 147. The highest BCUT2D eigenvalue weighted by atomic mass is 32.1. The molecule has 432 valence electrons. The molecule has 26 nitrogen and oxygen atoms in total. The number of benzene rings is 2. The predicted octanol–water partition coefficient (Wildman–Crippen LogP) is -1.55. The maximum absolute atomic E-state index is 14.7. The van der Waals surface area contributed by atoms with Gasteiger partial charge < -0.3 is 73.6 Å². The molecule has 1 aliphatic rings. The molecule has 1 saturated heterocycles. The van der Waals surface area contributed by atoms with E-state index >= 15 is 0 Å². The minimum absolute atomic E-state index is 0.00614. The van der Waals surface area contributed by atoms with Crippen molar-refractivity contribution in [2.75, 3.05) is 31.1 Å². The number of aliphatic carboxylic acids is 1. The van der Waals surface area contributed by atoms with Crippen molar-refractivity contribution in [1.29, 1.82) is 5.41 Å². The second-order valence-electron chi connectivity index (χ2n) is 19.2. The first-order valence-electron chi connectivity index (χ1n) is 26.0. The molecule has 0 spiro atoms. The highest BCUT2D eigenvalue weighted by Crippen LogP contribution is 2.20. The van der Waals surface area contributed by atoms with Crippen LogP contribution in [0.5, 0.6) is 0 Å². The van der Waals surface area contributed by atoms with Gasteiger partial charge >= 0.3 is 5.97 Å². The lowest BCUT2D eigenvalue weighted by Crippen LogP contribution is -2.60. The Morgan fingerprint density at radius 1 is 0.713 bits per heavy atom. The second-order valence-corrected chi connectivity index (χ2v) is 19.9. The van der Waals surface area contributed by atoms with Crippen molar-refractivity contribution >= 4 is 101 Å². The first-order valence-corrected chi connectivity index (χ1v) is 27.3. The zero-order valence-electron chi connectivity index (χ0n) is 44.3. The normalized spacial score (nSPS) is 15.6. The van der Waals surface area contributed by atoms with Crippen molar-refractivity contribution in [3.8, 4) is 0 Å². The van der Waals surface area contributed by atoms with Crippen LogP contribution in [0.2, 0.25) is 0 Å². The van der Waals surface area contributed by atoms with Crippen molar-refractivity contribution in [2.45, 2.75) is 120 Å². The number of nitrogens with two attached hydrogens (primary N) is 1. The van der Waals surface area contributed by atoms with Gasteiger partial charge in [0, 0.05) is 86.5 Å². The average molecular weight is 1150 g/mol. The van der Waals surface area contributed by atoms with E-state index in [4.69, 9.17) is 11.1 Å². The number of thiol groups is 2. The standard InChI is InChI=1S/C52H71N15O11S2/c1-29-10-9-19-67(29)51(78)42(27-80)61-43(69)25-58-45(72)39(21-32-23-57-35-14-7-6-13-34(32)35)65-46(73)36(15-8-18-56-52(53)54)62-48(75)38(20-31-11-4-3-5-12-31)64-49(76)40(22-33-24-55-28-59-33)66-47(74)37(16-17-44(70)71)63-50(77)41(26-79)60-30(2)68/h3-7,11-14,23-24,28-29,36-42,57,79-80H,8-10,15-22,25-27H2,1-2H3,(H,55,59)(H,58,72)(H,60,68)(H,61,69)(H,62,75)(H,63,77)(H,64,76)(H,65,73)(H,66,74)(H,70,71)(H4,53,54,56)/t29-,36+,37+,38-,39+,40+,41+,42+/m1/s1. The first kappa shape index (κ1) is 62.7. The largest absolute Gasteiger partial charge is 0.481 e. The molecule has 2 aromatic carbocycles. The number of carbonyl (C=O) groups is 10. The molecule has 28 heteroatoms. The number of aromatic nitrogens is 3. The Morgan fingerprint density at radius 2 is 1.30 bits per heavy atom. The average Bonchev–Trinajstić information content (AvgIpc) is 4.24. The molecule has 0 unspecified atom stereocenters. The molecule has 15 N–H and O–H groups in total. The molecule has 2 aromatic heterocycles. The van der Waals surface area contributed by atoms with Crippen molar-refractivity contribution in [3.63, 3.8) is 0 Å². The van der Waals surface area contributed by atoms with Crippen LogP contribution in [-0.2, 0) is 67.2 Å². The van der Waals surface area contributed by atoms with Gasteiger partial charge in [0.25, 0.3) is 0 Å². The second kappa shape index (κ2) is 31.5. The molecule has 5 rings (SSSR count). The van der Waals surface area contributed by atoms with Gasteiger partial charge in [0.1, 0.15) is 42.3 Å². The quantitative estimate of drug-likeness (QED) is 0.0117. The van der Waals surface area contributed by atoms with E-state index in [0.29, 0.717) is 17.7 Å². The van der Waals surface area contributed by atoms with Gasteiger partial charge in [0.2, 0.25) is 53.2 Å². The third-order valence-electron chi connectivity index (χ3n) is 13.1. The minimum Gasteiger partial charge on any atom is -0.481 e. The Kier molecular flexibility index (Phi) is 24.6. The molecule has 1 fully saturated rings. The lowest BCUT2D eigenvalue weighted by Gasteiger charge is -2.28. The number of carbonyl (C=O) groups excluding carboxylic acids is 9. The number of imidazole rings is 1. The van der Waals surface area contributed by atoms with Crippen LogP contribution in [-0.4, -0.2) is 170 Å². The molecule has 0 saturated carbocycles. The fraction of sp³-hybridized carbons (Fsp3) is 0.462. The molecular formula is C52H71N15O11S2. The highest BCUT2D eigenvalue weighted by Gasteiger charge is 2.35. The van der Waals surface area contributed by atoms with Crippen LogP contribution in [0.4, 0.5) is 0 Å². The number of nitrogens with zero attached hydrogens (tertiary/aromatic N) is 2. The van der Waals surface area contributed by atoms with Crippen LogP contribution < -0.4 is 53.6 Å². The fourth-order valence-electron chi connectivity index (χ4n) is 8.93. The Morgan fingerprint density at radius 3 is 1.89 bits per heavy atom. The SMILES string of the molecule is CC(=O)N[C@@H](CS)C(=O)N[C@@H](CCC(=O)O)C(=O)N[C@@H](Cc1c[nH]cn1)C(=O)N[C@H](Cc1ccccc1)C(=O)N[C@@H](CCCNC(=N)N)C(=O)N[C@@H](Cc1c[nH]c2ccccc12)C(=O)NCC(=O)N[C@@H](CS)C(=O)N1CCC[C@H]1C. The van der Waals surface area contributed by atoms with Crippen LogP contribution in [0.15, 0.2) is 73.3 Å². The summed E-state index contributed by atoms with van der Waals surface area (Å²) < 4.78 is 0. The molecule has 0 radical (unpaired) electrons. The molecule has 8 atom stereocenters. The van der Waals surface area contributed by atoms with Crippen LogP contribution >= 0.6 is 25.3 Å². The van der Waals surface area contributed by atoms with Crippen LogP contribution in [0.3, 0.4) is 0 Å². The Hall–Kier alpha value is -8.14. The number of fused-ring (bicyclic) bond motifs is 1. The van der Waals surface area contributed by atoms with E-state index < -0.39 is 115 Å². The van der Waals surface area contributed by atoms with Gasteiger partial charge in [-0.2, -0.15) is 25.3 Å². The summed E-state index contributed by atoms with van der Waals surface area (Å²) in [6.45, 7) is 3.15. The zero-order chi connectivity index (χ0) is 58.3. The number of aromatic amines is 2. The number of carboxylic acids is 1. The summed E-state index contributed by atoms with van der Waals surface area (Å²) in [5.41, 5.74) is 7.76. The number of hydrogen-bond donors (Lipinski definition) is 16. The van der Waals surface area contributed by atoms with Crippen molar-refractivity contribution in [2.24, 2.45) is 5.73 Å². The Balaban J connectivity index is 1.41. The molecule has 1 aliphatic heterocycles. The van der Waals surface area contributed by atoms with E-state index in [0.717, 1.165) is 23.7 Å². The predicted molar refractivity (Wildman–Crippen MR) is 301 cm³/mol. The first-order chi connectivity index (χ1) is 38.3. The van der Waals surface area contributed by atoms with Gasteiger partial charge in [-0.3, -0.25) is 53.4 Å². The van der Waals surface area contributed by atoms with Crippen molar-refractivity contribution < 1.29 is 53.1 Å². The van der Waals surface area contributed by atoms with Crippen LogP contribution in [0, 0.1) is 5.41 Å². The number of H-pyrrole nitrogens is 2. The van der Waals surface area contributed by atoms with Crippen LogP contribution in [0.25, 0.3) is 10.9 Å². The summed E-state index contributed by atoms with van der Waals surface area (Å²) >= 11 is 8.41. The van der Waals surface area contributed by atoms with Gasteiger partial charge in [-0.05, 0) is 56.2 Å². The number of likely N-dealkylation sites (tertiary alicyclic amines) is 1. The molecule has 3 heterocycles. The molecule has 0 aliphatic carbocycles. The van der Waals surface area contributed by atoms with E-state index in [-0.39, 0.29) is 73.8 Å². The number of carboxylic acid groups (broad SMARTS) is 1. The molecule has 80 heavy (non-hydrogen) atoms. The topological polar surface area (TPSA) is 397 Å². The lowest BCUT2D eigenvalue weighted by atomic mass is 10.0. The van der Waals surface area contributed by atoms with Gasteiger partial charge in [0.05, 0.1) is 18.6 Å². The van der Waals surface area contributed by atoms with E-state index in [1.165, 1.54) is 19.4 Å². The fourth-order valence-corrected chi connectivity index (χ4v) is 9.43. The van der Waals surface area contributed by atoms with E-state index in [1.807, 2.05) is 25.1 Å². The third kappa shape index (κ3) is 19.6. The summed E-state index contributed by atoms with van der Waals surface area (Å²) in [5.74, 6) is -8.60. The van der Waals surface area contributed by atoms with Crippen molar-refractivity contribution in [3.05, 3.63) is 90.1 Å². The highest BCUT2D eigenvalue weighted by molar-refractivity contribution is 7.80. The zero-order valence-corrected chi connectivity index (χ0v) is 46.1. The summed E-state index contributed by atoms with van der Waals surface area (Å²) in [6.07, 6.45) is 4.63. The number of hydrogen-bond acceptors (Lipinski definition) is 14.